The van der Waals surface area contributed by atoms with Crippen molar-refractivity contribution in [2.75, 3.05) is 0 Å². The van der Waals surface area contributed by atoms with Crippen LogP contribution in [0.4, 0.5) is 0 Å². The predicted octanol–water partition coefficient (Wildman–Crippen LogP) is 1.66. The quantitative estimate of drug-likeness (QED) is 0.718. The van der Waals surface area contributed by atoms with E-state index in [2.05, 4.69) is 5.32 Å². The normalized spacial score (nSPS) is 33.8. The molecule has 3 fully saturated rings. The van der Waals surface area contributed by atoms with E-state index in [-0.39, 0.29) is 18.1 Å². The molecule has 0 aliphatic heterocycles. The van der Waals surface area contributed by atoms with Crippen LogP contribution < -0.4 is 5.32 Å². The van der Waals surface area contributed by atoms with Crippen LogP contribution in [0.15, 0.2) is 0 Å². The SMILES string of the molecule is CC(=O)CC(=O)NC1CC2CCC1CC2. The smallest absolute Gasteiger partial charge is 0.227 e. The minimum atomic E-state index is -0.0833. The average molecular weight is 209 g/mol. The van der Waals surface area contributed by atoms with Gasteiger partial charge in [0.05, 0.1) is 6.42 Å². The predicted molar refractivity (Wildman–Crippen MR) is 57.3 cm³/mol. The van der Waals surface area contributed by atoms with Crippen molar-refractivity contribution in [2.45, 2.75) is 51.5 Å². The van der Waals surface area contributed by atoms with Crippen molar-refractivity contribution in [1.82, 2.24) is 5.32 Å². The molecule has 0 aromatic carbocycles. The van der Waals surface area contributed by atoms with E-state index in [1.807, 2.05) is 0 Å². The summed E-state index contributed by atoms with van der Waals surface area (Å²) in [5.74, 6) is 1.36. The summed E-state index contributed by atoms with van der Waals surface area (Å²) in [6.45, 7) is 1.46. The number of amides is 1. The second-order valence-corrected chi connectivity index (χ2v) is 5.07. The number of fused-ring (bicyclic) bond motifs is 3. The monoisotopic (exact) mass is 209 g/mol. The van der Waals surface area contributed by atoms with E-state index in [9.17, 15) is 9.59 Å². The molecule has 84 valence electrons. The number of nitrogens with one attached hydrogen (secondary N) is 1. The van der Waals surface area contributed by atoms with E-state index in [0.29, 0.717) is 12.0 Å². The fourth-order valence-corrected chi connectivity index (χ4v) is 3.04. The van der Waals surface area contributed by atoms with Gasteiger partial charge >= 0.3 is 0 Å². The summed E-state index contributed by atoms with van der Waals surface area (Å²) in [5, 5.41) is 3.02. The topological polar surface area (TPSA) is 46.2 Å². The molecule has 0 heterocycles. The molecular weight excluding hydrogens is 190 g/mol. The maximum Gasteiger partial charge on any atom is 0.227 e. The third-order valence-electron chi connectivity index (χ3n) is 3.80. The average Bonchev–Trinajstić information content (AvgIpc) is 2.17. The standard InChI is InChI=1S/C12H19NO2/c1-8(14)6-12(15)13-11-7-9-2-4-10(11)5-3-9/h9-11H,2-7H2,1H3,(H,13,15). The Hall–Kier alpha value is -0.860. The first-order valence-corrected chi connectivity index (χ1v) is 5.94. The second kappa shape index (κ2) is 4.33. The van der Waals surface area contributed by atoms with E-state index in [4.69, 9.17) is 0 Å². The lowest BCUT2D eigenvalue weighted by Gasteiger charge is -2.42. The third kappa shape index (κ3) is 2.58. The summed E-state index contributed by atoms with van der Waals surface area (Å²) >= 11 is 0. The molecule has 1 unspecified atom stereocenters. The van der Waals surface area contributed by atoms with E-state index in [1.54, 1.807) is 0 Å². The zero-order valence-electron chi connectivity index (χ0n) is 9.29. The van der Waals surface area contributed by atoms with Gasteiger partial charge in [0.15, 0.2) is 0 Å². The van der Waals surface area contributed by atoms with Crippen LogP contribution in [0.3, 0.4) is 0 Å². The van der Waals surface area contributed by atoms with Crippen molar-refractivity contribution >= 4 is 11.7 Å². The van der Waals surface area contributed by atoms with Crippen molar-refractivity contribution in [3.8, 4) is 0 Å². The molecule has 1 atom stereocenters. The van der Waals surface area contributed by atoms with E-state index >= 15 is 0 Å². The summed E-state index contributed by atoms with van der Waals surface area (Å²) in [6, 6.07) is 0.351. The maximum atomic E-state index is 11.5. The largest absolute Gasteiger partial charge is 0.353 e. The highest BCUT2D eigenvalue weighted by atomic mass is 16.2. The number of hydrogen-bond donors (Lipinski definition) is 1. The van der Waals surface area contributed by atoms with Crippen LogP contribution in [-0.2, 0) is 9.59 Å². The molecule has 0 aromatic rings. The lowest BCUT2D eigenvalue weighted by Crippen LogP contribution is -2.47. The van der Waals surface area contributed by atoms with Crippen molar-refractivity contribution < 1.29 is 9.59 Å². The molecule has 15 heavy (non-hydrogen) atoms. The summed E-state index contributed by atoms with van der Waals surface area (Å²) in [7, 11) is 0. The number of hydrogen-bond acceptors (Lipinski definition) is 2. The lowest BCUT2D eigenvalue weighted by atomic mass is 9.68. The number of carbonyl (C=O) groups excluding carboxylic acids is 2. The molecule has 0 spiro atoms. The summed E-state index contributed by atoms with van der Waals surface area (Å²) in [4.78, 5) is 22.3. The van der Waals surface area contributed by atoms with Gasteiger partial charge in [-0.1, -0.05) is 12.8 Å². The van der Waals surface area contributed by atoms with Gasteiger partial charge in [0, 0.05) is 6.04 Å². The maximum absolute atomic E-state index is 11.5. The summed E-state index contributed by atoms with van der Waals surface area (Å²) in [5.41, 5.74) is 0. The summed E-state index contributed by atoms with van der Waals surface area (Å²) in [6.07, 6.45) is 6.38. The Labute approximate surface area is 90.6 Å². The molecule has 3 saturated carbocycles. The van der Waals surface area contributed by atoms with Gasteiger partial charge in [-0.05, 0) is 38.0 Å². The van der Waals surface area contributed by atoms with Gasteiger partial charge in [-0.2, -0.15) is 0 Å². The van der Waals surface area contributed by atoms with E-state index in [1.165, 1.54) is 32.6 Å². The molecule has 3 rings (SSSR count). The molecular formula is C12H19NO2. The first-order chi connectivity index (χ1) is 7.15. The Morgan fingerprint density at radius 2 is 1.87 bits per heavy atom. The van der Waals surface area contributed by atoms with Gasteiger partial charge in [0.25, 0.3) is 0 Å². The molecule has 0 aromatic heterocycles. The Morgan fingerprint density at radius 3 is 2.33 bits per heavy atom. The van der Waals surface area contributed by atoms with E-state index < -0.39 is 0 Å². The molecule has 3 aliphatic carbocycles. The number of ketones is 1. The van der Waals surface area contributed by atoms with Crippen LogP contribution in [0.5, 0.6) is 0 Å². The first kappa shape index (κ1) is 10.7. The first-order valence-electron chi connectivity index (χ1n) is 5.94. The van der Waals surface area contributed by atoms with Crippen LogP contribution in [0.2, 0.25) is 0 Å². The Balaban J connectivity index is 1.84. The number of carbonyl (C=O) groups is 2. The van der Waals surface area contributed by atoms with Gasteiger partial charge in [-0.3, -0.25) is 9.59 Å². The van der Waals surface area contributed by atoms with Crippen molar-refractivity contribution in [2.24, 2.45) is 11.8 Å². The van der Waals surface area contributed by atoms with Gasteiger partial charge in [-0.25, -0.2) is 0 Å². The molecule has 1 amide bonds. The van der Waals surface area contributed by atoms with Crippen LogP contribution in [0.25, 0.3) is 0 Å². The van der Waals surface area contributed by atoms with Crippen molar-refractivity contribution in [3.63, 3.8) is 0 Å². The molecule has 0 saturated heterocycles. The minimum absolute atomic E-state index is 0.0477. The van der Waals surface area contributed by atoms with Crippen molar-refractivity contribution in [1.29, 1.82) is 0 Å². The van der Waals surface area contributed by atoms with Crippen LogP contribution in [-0.4, -0.2) is 17.7 Å². The number of rotatable bonds is 3. The Morgan fingerprint density at radius 1 is 1.20 bits per heavy atom. The second-order valence-electron chi connectivity index (χ2n) is 5.07. The molecule has 3 heteroatoms. The van der Waals surface area contributed by atoms with Gasteiger partial charge in [-0.15, -0.1) is 0 Å². The van der Waals surface area contributed by atoms with Crippen molar-refractivity contribution in [3.05, 3.63) is 0 Å². The van der Waals surface area contributed by atoms with Gasteiger partial charge < -0.3 is 5.32 Å². The van der Waals surface area contributed by atoms with Crippen LogP contribution in [0, 0.1) is 11.8 Å². The zero-order valence-corrected chi connectivity index (χ0v) is 9.29. The van der Waals surface area contributed by atoms with E-state index in [0.717, 1.165) is 12.3 Å². The van der Waals surface area contributed by atoms with Crippen LogP contribution in [0.1, 0.15) is 45.4 Å². The summed E-state index contributed by atoms with van der Waals surface area (Å²) < 4.78 is 0. The highest BCUT2D eigenvalue weighted by Crippen LogP contribution is 2.41. The third-order valence-corrected chi connectivity index (χ3v) is 3.80. The van der Waals surface area contributed by atoms with Gasteiger partial charge in [0.1, 0.15) is 5.78 Å². The number of Topliss-reactive ketones (excluding diaryl/α,β-unsaturated/α-hetero) is 1. The lowest BCUT2D eigenvalue weighted by molar-refractivity contribution is -0.128. The molecule has 2 bridgehead atoms. The molecule has 1 N–H and O–H groups in total. The minimum Gasteiger partial charge on any atom is -0.353 e. The molecule has 0 radical (unpaired) electrons. The van der Waals surface area contributed by atoms with Crippen LogP contribution >= 0.6 is 0 Å². The Kier molecular flexibility index (Phi) is 3.08. The zero-order chi connectivity index (χ0) is 10.8. The highest BCUT2D eigenvalue weighted by molar-refractivity contribution is 5.96. The molecule has 3 aliphatic rings. The fourth-order valence-electron chi connectivity index (χ4n) is 3.04. The Bertz CT molecular complexity index is 267. The van der Waals surface area contributed by atoms with Gasteiger partial charge in [0.2, 0.25) is 5.91 Å². The fraction of sp³-hybridized carbons (Fsp3) is 0.833. The highest BCUT2D eigenvalue weighted by Gasteiger charge is 2.36. The molecule has 3 nitrogen and oxygen atoms in total.